The molecule has 0 bridgehead atoms. The SMILES string of the molecule is CCC(O)COC(=O)CC(C)(c1ccc2ccccc2c1)c1ccc2ccccc2c1. The first-order valence-electron chi connectivity index (χ1n) is 10.8. The van der Waals surface area contributed by atoms with E-state index in [1.54, 1.807) is 0 Å². The van der Waals surface area contributed by atoms with E-state index in [0.717, 1.165) is 21.9 Å². The first-order chi connectivity index (χ1) is 15.0. The van der Waals surface area contributed by atoms with Crippen molar-refractivity contribution in [1.29, 1.82) is 0 Å². The van der Waals surface area contributed by atoms with E-state index in [9.17, 15) is 9.90 Å². The van der Waals surface area contributed by atoms with Gasteiger partial charge in [0.15, 0.2) is 0 Å². The van der Waals surface area contributed by atoms with Gasteiger partial charge in [-0.2, -0.15) is 0 Å². The third-order valence-electron chi connectivity index (χ3n) is 6.18. The molecule has 4 aromatic rings. The lowest BCUT2D eigenvalue weighted by molar-refractivity contribution is -0.147. The average molecular weight is 413 g/mol. The van der Waals surface area contributed by atoms with Gasteiger partial charge >= 0.3 is 5.97 Å². The minimum atomic E-state index is -0.628. The zero-order valence-electron chi connectivity index (χ0n) is 18.0. The Morgan fingerprint density at radius 2 is 1.32 bits per heavy atom. The summed E-state index contributed by atoms with van der Waals surface area (Å²) in [4.78, 5) is 12.8. The van der Waals surface area contributed by atoms with Crippen molar-refractivity contribution in [3.05, 3.63) is 96.1 Å². The Bertz CT molecular complexity index is 1130. The molecule has 1 N–H and O–H groups in total. The zero-order chi connectivity index (χ0) is 21.8. The van der Waals surface area contributed by atoms with Gasteiger partial charge in [0.05, 0.1) is 12.5 Å². The van der Waals surface area contributed by atoms with Crippen LogP contribution in [0.3, 0.4) is 0 Å². The van der Waals surface area contributed by atoms with Crippen molar-refractivity contribution >= 4 is 27.5 Å². The largest absolute Gasteiger partial charge is 0.463 e. The molecule has 0 aliphatic heterocycles. The van der Waals surface area contributed by atoms with Crippen LogP contribution in [0.5, 0.6) is 0 Å². The van der Waals surface area contributed by atoms with Crippen LogP contribution in [0.4, 0.5) is 0 Å². The number of carbonyl (C=O) groups excluding carboxylic acids is 1. The summed E-state index contributed by atoms with van der Waals surface area (Å²) >= 11 is 0. The highest BCUT2D eigenvalue weighted by molar-refractivity contribution is 5.86. The fourth-order valence-corrected chi connectivity index (χ4v) is 4.08. The molecule has 0 aliphatic carbocycles. The lowest BCUT2D eigenvalue weighted by Gasteiger charge is -2.31. The minimum Gasteiger partial charge on any atom is -0.463 e. The Morgan fingerprint density at radius 1 is 0.839 bits per heavy atom. The zero-order valence-corrected chi connectivity index (χ0v) is 18.0. The summed E-state index contributed by atoms with van der Waals surface area (Å²) < 4.78 is 5.42. The van der Waals surface area contributed by atoms with E-state index in [0.29, 0.717) is 6.42 Å². The van der Waals surface area contributed by atoms with Gasteiger partial charge in [0, 0.05) is 5.41 Å². The average Bonchev–Trinajstić information content (AvgIpc) is 2.81. The molecule has 0 spiro atoms. The molecule has 3 nitrogen and oxygen atoms in total. The molecule has 1 atom stereocenters. The van der Waals surface area contributed by atoms with E-state index in [1.807, 2.05) is 31.2 Å². The van der Waals surface area contributed by atoms with Gasteiger partial charge in [-0.15, -0.1) is 0 Å². The number of rotatable bonds is 7. The molecule has 0 aromatic heterocycles. The second-order valence-corrected chi connectivity index (χ2v) is 8.38. The van der Waals surface area contributed by atoms with Crippen LogP contribution < -0.4 is 0 Å². The molecule has 158 valence electrons. The van der Waals surface area contributed by atoms with Gasteiger partial charge in [0.25, 0.3) is 0 Å². The molecule has 4 rings (SSSR count). The number of hydrogen-bond donors (Lipinski definition) is 1. The van der Waals surface area contributed by atoms with Crippen LogP contribution in [0.25, 0.3) is 21.5 Å². The van der Waals surface area contributed by atoms with Crippen LogP contribution in [0.15, 0.2) is 84.9 Å². The van der Waals surface area contributed by atoms with Crippen molar-refractivity contribution in [2.24, 2.45) is 0 Å². The maximum absolute atomic E-state index is 12.8. The van der Waals surface area contributed by atoms with Crippen LogP contribution in [-0.2, 0) is 14.9 Å². The van der Waals surface area contributed by atoms with Crippen molar-refractivity contribution < 1.29 is 14.6 Å². The highest BCUT2D eigenvalue weighted by Crippen LogP contribution is 2.38. The number of aliphatic hydroxyl groups excluding tert-OH is 1. The van der Waals surface area contributed by atoms with Gasteiger partial charge in [-0.25, -0.2) is 0 Å². The molecule has 0 saturated carbocycles. The summed E-state index contributed by atoms with van der Waals surface area (Å²) in [5.74, 6) is -0.309. The maximum Gasteiger partial charge on any atom is 0.307 e. The highest BCUT2D eigenvalue weighted by Gasteiger charge is 2.33. The number of aliphatic hydroxyl groups is 1. The Kier molecular flexibility index (Phi) is 6.06. The molecule has 3 heteroatoms. The Hall–Kier alpha value is -3.17. The van der Waals surface area contributed by atoms with Crippen LogP contribution in [-0.4, -0.2) is 23.8 Å². The quantitative estimate of drug-likeness (QED) is 0.379. The Balaban J connectivity index is 1.77. The van der Waals surface area contributed by atoms with Gasteiger partial charge in [-0.3, -0.25) is 4.79 Å². The summed E-state index contributed by atoms with van der Waals surface area (Å²) in [5.41, 5.74) is 1.56. The van der Waals surface area contributed by atoms with E-state index in [-0.39, 0.29) is 19.0 Å². The molecule has 0 radical (unpaired) electrons. The van der Waals surface area contributed by atoms with Gasteiger partial charge in [0.1, 0.15) is 6.61 Å². The van der Waals surface area contributed by atoms with Crippen LogP contribution in [0, 0.1) is 0 Å². The molecule has 1 unspecified atom stereocenters. The number of carbonyl (C=O) groups is 1. The Labute approximate surface area is 183 Å². The number of ether oxygens (including phenoxy) is 1. The van der Waals surface area contributed by atoms with Crippen molar-refractivity contribution in [2.75, 3.05) is 6.61 Å². The predicted octanol–water partition coefficient (Wildman–Crippen LogP) is 6.00. The summed E-state index contributed by atoms with van der Waals surface area (Å²) in [6.07, 6.45) is 0.122. The van der Waals surface area contributed by atoms with E-state index in [4.69, 9.17) is 4.74 Å². The van der Waals surface area contributed by atoms with Gasteiger partial charge in [0.2, 0.25) is 0 Å². The first-order valence-corrected chi connectivity index (χ1v) is 10.8. The van der Waals surface area contributed by atoms with Crippen molar-refractivity contribution in [3.63, 3.8) is 0 Å². The monoisotopic (exact) mass is 412 g/mol. The first kappa shape index (κ1) is 21.1. The van der Waals surface area contributed by atoms with E-state index in [2.05, 4.69) is 67.6 Å². The summed E-state index contributed by atoms with van der Waals surface area (Å²) in [6.45, 7) is 3.99. The maximum atomic E-state index is 12.8. The predicted molar refractivity (Wildman–Crippen MR) is 126 cm³/mol. The highest BCUT2D eigenvalue weighted by atomic mass is 16.5. The van der Waals surface area contributed by atoms with E-state index < -0.39 is 11.5 Å². The van der Waals surface area contributed by atoms with Gasteiger partial charge in [-0.05, 0) is 39.1 Å². The van der Waals surface area contributed by atoms with E-state index >= 15 is 0 Å². The Morgan fingerprint density at radius 3 is 1.81 bits per heavy atom. The number of benzene rings is 4. The summed E-state index contributed by atoms with van der Waals surface area (Å²) in [5, 5.41) is 14.4. The summed E-state index contributed by atoms with van der Waals surface area (Å²) in [7, 11) is 0. The third-order valence-corrected chi connectivity index (χ3v) is 6.18. The standard InChI is InChI=1S/C28H28O3/c1-3-26(29)19-31-27(30)18-28(2,24-14-12-20-8-4-6-10-22(20)16-24)25-15-13-21-9-5-7-11-23(21)17-25/h4-17,26,29H,3,18-19H2,1-2H3. The molecule has 4 aromatic carbocycles. The second-order valence-electron chi connectivity index (χ2n) is 8.38. The van der Waals surface area contributed by atoms with Gasteiger partial charge in [-0.1, -0.05) is 98.8 Å². The number of hydrogen-bond acceptors (Lipinski definition) is 3. The molecule has 0 saturated heterocycles. The molecular weight excluding hydrogens is 384 g/mol. The summed E-state index contributed by atoms with van der Waals surface area (Å²) in [6, 6.07) is 29.2. The fourth-order valence-electron chi connectivity index (χ4n) is 4.08. The molecular formula is C28H28O3. The van der Waals surface area contributed by atoms with Crippen molar-refractivity contribution in [2.45, 2.75) is 38.2 Å². The molecule has 0 fully saturated rings. The topological polar surface area (TPSA) is 46.5 Å². The lowest BCUT2D eigenvalue weighted by Crippen LogP contribution is -2.29. The number of esters is 1. The van der Waals surface area contributed by atoms with E-state index in [1.165, 1.54) is 10.8 Å². The molecule has 0 aliphatic rings. The molecule has 0 heterocycles. The van der Waals surface area contributed by atoms with Crippen molar-refractivity contribution in [3.8, 4) is 0 Å². The molecule has 31 heavy (non-hydrogen) atoms. The minimum absolute atomic E-state index is 0.0286. The normalized spacial score (nSPS) is 12.7. The lowest BCUT2D eigenvalue weighted by atomic mass is 9.73. The van der Waals surface area contributed by atoms with Crippen LogP contribution >= 0.6 is 0 Å². The molecule has 0 amide bonds. The van der Waals surface area contributed by atoms with Gasteiger partial charge < -0.3 is 9.84 Å². The second kappa shape index (κ2) is 8.91. The number of fused-ring (bicyclic) bond motifs is 2. The fraction of sp³-hybridized carbons (Fsp3) is 0.250. The van der Waals surface area contributed by atoms with Crippen molar-refractivity contribution in [1.82, 2.24) is 0 Å². The smallest absolute Gasteiger partial charge is 0.307 e. The van der Waals surface area contributed by atoms with Crippen LogP contribution in [0.2, 0.25) is 0 Å². The third kappa shape index (κ3) is 4.47. The van der Waals surface area contributed by atoms with Crippen LogP contribution in [0.1, 0.15) is 37.8 Å².